The van der Waals surface area contributed by atoms with Crippen molar-refractivity contribution in [2.75, 3.05) is 0 Å². The lowest BCUT2D eigenvalue weighted by Gasteiger charge is -2.10. The van der Waals surface area contributed by atoms with E-state index in [1.165, 1.54) is 12.1 Å². The average Bonchev–Trinajstić information content (AvgIpc) is 2.45. The third kappa shape index (κ3) is 3.33. The first-order valence-electron chi connectivity index (χ1n) is 6.26. The molecule has 2 aromatic carbocycles. The summed E-state index contributed by atoms with van der Waals surface area (Å²) in [5, 5.41) is 10.7. The van der Waals surface area contributed by atoms with Crippen molar-refractivity contribution in [2.24, 2.45) is 5.73 Å². The Morgan fingerprint density at radius 3 is 2.70 bits per heavy atom. The van der Waals surface area contributed by atoms with Crippen molar-refractivity contribution in [3.05, 3.63) is 69.3 Å². The van der Waals surface area contributed by atoms with Gasteiger partial charge in [-0.25, -0.2) is 0 Å². The van der Waals surface area contributed by atoms with Crippen LogP contribution < -0.4 is 10.5 Å². The molecule has 0 atom stereocenters. The van der Waals surface area contributed by atoms with E-state index in [-0.39, 0.29) is 12.2 Å². The lowest BCUT2D eigenvalue weighted by molar-refractivity contribution is -0.384. The summed E-state index contributed by atoms with van der Waals surface area (Å²) in [6.45, 7) is 2.62. The fourth-order valence-corrected chi connectivity index (χ4v) is 1.94. The summed E-state index contributed by atoms with van der Waals surface area (Å²) < 4.78 is 5.70. The van der Waals surface area contributed by atoms with E-state index in [1.807, 2.05) is 31.2 Å². The monoisotopic (exact) mass is 272 g/mol. The minimum Gasteiger partial charge on any atom is -0.489 e. The molecule has 0 fully saturated rings. The highest BCUT2D eigenvalue weighted by Crippen LogP contribution is 2.24. The third-order valence-corrected chi connectivity index (χ3v) is 2.95. The highest BCUT2D eigenvalue weighted by molar-refractivity contribution is 5.43. The fourth-order valence-electron chi connectivity index (χ4n) is 1.94. The quantitative estimate of drug-likeness (QED) is 0.670. The van der Waals surface area contributed by atoms with Gasteiger partial charge >= 0.3 is 0 Å². The van der Waals surface area contributed by atoms with Crippen LogP contribution in [-0.2, 0) is 13.2 Å². The van der Waals surface area contributed by atoms with Gasteiger partial charge in [-0.1, -0.05) is 29.8 Å². The number of rotatable bonds is 5. The summed E-state index contributed by atoms with van der Waals surface area (Å²) in [6.07, 6.45) is 0. The summed E-state index contributed by atoms with van der Waals surface area (Å²) in [7, 11) is 0. The van der Waals surface area contributed by atoms with E-state index in [4.69, 9.17) is 10.5 Å². The number of nitro groups is 1. The number of nitro benzene ring substituents is 1. The molecular weight excluding hydrogens is 256 g/mol. The Morgan fingerprint density at radius 2 is 2.05 bits per heavy atom. The molecule has 2 aromatic rings. The number of non-ortho nitro benzene ring substituents is 1. The minimum absolute atomic E-state index is 0.0216. The lowest BCUT2D eigenvalue weighted by atomic mass is 10.1. The normalized spacial score (nSPS) is 10.3. The smallest absolute Gasteiger partial charge is 0.270 e. The molecule has 0 saturated carbocycles. The minimum atomic E-state index is -0.441. The molecule has 0 aliphatic rings. The standard InChI is InChI=1S/C15H16N2O3/c1-11-3-2-4-12(7-11)10-20-15-6-5-14(17(18)19)8-13(15)9-16/h2-8H,9-10,16H2,1H3. The van der Waals surface area contributed by atoms with Crippen LogP contribution in [0.2, 0.25) is 0 Å². The Morgan fingerprint density at radius 1 is 1.25 bits per heavy atom. The molecular formula is C15H16N2O3. The van der Waals surface area contributed by atoms with Gasteiger partial charge in [-0.3, -0.25) is 10.1 Å². The van der Waals surface area contributed by atoms with Crippen LogP contribution in [0.1, 0.15) is 16.7 Å². The van der Waals surface area contributed by atoms with Crippen LogP contribution in [0, 0.1) is 17.0 Å². The van der Waals surface area contributed by atoms with E-state index in [2.05, 4.69) is 0 Å². The van der Waals surface area contributed by atoms with Crippen molar-refractivity contribution >= 4 is 5.69 Å². The van der Waals surface area contributed by atoms with Crippen molar-refractivity contribution in [3.8, 4) is 5.75 Å². The number of benzene rings is 2. The Balaban J connectivity index is 2.15. The number of hydrogen-bond donors (Lipinski definition) is 1. The van der Waals surface area contributed by atoms with Gasteiger partial charge < -0.3 is 10.5 Å². The van der Waals surface area contributed by atoms with Crippen LogP contribution in [-0.4, -0.2) is 4.92 Å². The van der Waals surface area contributed by atoms with Gasteiger partial charge in [0.1, 0.15) is 12.4 Å². The molecule has 104 valence electrons. The van der Waals surface area contributed by atoms with E-state index in [9.17, 15) is 10.1 Å². The maximum absolute atomic E-state index is 10.7. The zero-order valence-electron chi connectivity index (χ0n) is 11.2. The number of aryl methyl sites for hydroxylation is 1. The van der Waals surface area contributed by atoms with Gasteiger partial charge in [0.05, 0.1) is 4.92 Å². The van der Waals surface area contributed by atoms with Gasteiger partial charge in [-0.15, -0.1) is 0 Å². The van der Waals surface area contributed by atoms with E-state index < -0.39 is 4.92 Å². The van der Waals surface area contributed by atoms with Crippen molar-refractivity contribution in [1.82, 2.24) is 0 Å². The highest BCUT2D eigenvalue weighted by atomic mass is 16.6. The van der Waals surface area contributed by atoms with Crippen molar-refractivity contribution in [2.45, 2.75) is 20.1 Å². The first kappa shape index (κ1) is 14.0. The molecule has 0 bridgehead atoms. The van der Waals surface area contributed by atoms with Gasteiger partial charge in [0.25, 0.3) is 5.69 Å². The average molecular weight is 272 g/mol. The largest absolute Gasteiger partial charge is 0.489 e. The zero-order chi connectivity index (χ0) is 14.5. The van der Waals surface area contributed by atoms with E-state index in [0.29, 0.717) is 17.9 Å². The van der Waals surface area contributed by atoms with Gasteiger partial charge in [0, 0.05) is 24.2 Å². The number of nitrogens with two attached hydrogens (primary N) is 1. The van der Waals surface area contributed by atoms with E-state index in [0.717, 1.165) is 11.1 Å². The molecule has 2 N–H and O–H groups in total. The Hall–Kier alpha value is -2.40. The molecule has 0 unspecified atom stereocenters. The van der Waals surface area contributed by atoms with E-state index >= 15 is 0 Å². The molecule has 0 aliphatic carbocycles. The number of nitrogens with zero attached hydrogens (tertiary/aromatic N) is 1. The Bertz CT molecular complexity index is 626. The number of hydrogen-bond acceptors (Lipinski definition) is 4. The molecule has 0 radical (unpaired) electrons. The second-order valence-corrected chi connectivity index (χ2v) is 4.53. The Kier molecular flexibility index (Phi) is 4.32. The summed E-state index contributed by atoms with van der Waals surface area (Å²) in [5.41, 5.74) is 8.47. The molecule has 0 amide bonds. The predicted octanol–water partition coefficient (Wildman–Crippen LogP) is 2.94. The van der Waals surface area contributed by atoms with Gasteiger partial charge in [0.2, 0.25) is 0 Å². The molecule has 0 heterocycles. The summed E-state index contributed by atoms with van der Waals surface area (Å²) in [4.78, 5) is 10.3. The zero-order valence-corrected chi connectivity index (χ0v) is 11.2. The van der Waals surface area contributed by atoms with Gasteiger partial charge in [-0.2, -0.15) is 0 Å². The molecule has 0 spiro atoms. The topological polar surface area (TPSA) is 78.4 Å². The van der Waals surface area contributed by atoms with Crippen LogP contribution in [0.25, 0.3) is 0 Å². The van der Waals surface area contributed by atoms with Gasteiger partial charge in [-0.05, 0) is 18.6 Å². The molecule has 0 saturated heterocycles. The first-order chi connectivity index (χ1) is 9.60. The van der Waals surface area contributed by atoms with Crippen LogP contribution in [0.4, 0.5) is 5.69 Å². The second kappa shape index (κ2) is 6.16. The van der Waals surface area contributed by atoms with Crippen molar-refractivity contribution < 1.29 is 9.66 Å². The first-order valence-corrected chi connectivity index (χ1v) is 6.26. The van der Waals surface area contributed by atoms with Crippen LogP contribution in [0.5, 0.6) is 5.75 Å². The molecule has 5 nitrogen and oxygen atoms in total. The maximum Gasteiger partial charge on any atom is 0.270 e. The predicted molar refractivity (Wildman–Crippen MR) is 76.5 cm³/mol. The fraction of sp³-hybridized carbons (Fsp3) is 0.200. The highest BCUT2D eigenvalue weighted by Gasteiger charge is 2.10. The second-order valence-electron chi connectivity index (χ2n) is 4.53. The van der Waals surface area contributed by atoms with Crippen molar-refractivity contribution in [3.63, 3.8) is 0 Å². The summed E-state index contributed by atoms with van der Waals surface area (Å²) >= 11 is 0. The molecule has 0 aromatic heterocycles. The lowest BCUT2D eigenvalue weighted by Crippen LogP contribution is -2.04. The summed E-state index contributed by atoms with van der Waals surface area (Å²) in [6, 6.07) is 12.5. The van der Waals surface area contributed by atoms with Crippen LogP contribution in [0.15, 0.2) is 42.5 Å². The molecule has 5 heteroatoms. The SMILES string of the molecule is Cc1cccc(COc2ccc([N+](=O)[O-])cc2CN)c1. The maximum atomic E-state index is 10.7. The van der Waals surface area contributed by atoms with Crippen LogP contribution >= 0.6 is 0 Å². The molecule has 0 aliphatic heterocycles. The van der Waals surface area contributed by atoms with Crippen molar-refractivity contribution in [1.29, 1.82) is 0 Å². The van der Waals surface area contributed by atoms with E-state index in [1.54, 1.807) is 6.07 Å². The third-order valence-electron chi connectivity index (χ3n) is 2.95. The summed E-state index contributed by atoms with van der Waals surface area (Å²) in [5.74, 6) is 0.583. The molecule has 2 rings (SSSR count). The Labute approximate surface area is 117 Å². The van der Waals surface area contributed by atoms with Gasteiger partial charge in [0.15, 0.2) is 0 Å². The van der Waals surface area contributed by atoms with Crippen LogP contribution in [0.3, 0.4) is 0 Å². The molecule has 20 heavy (non-hydrogen) atoms. The number of ether oxygens (including phenoxy) is 1.